The SMILES string of the molecule is CCCNCc1occc1COc1cccc(N(C)C)c1. The van der Waals surface area contributed by atoms with E-state index in [0.29, 0.717) is 6.61 Å². The van der Waals surface area contributed by atoms with Gasteiger partial charge in [-0.1, -0.05) is 13.0 Å². The molecule has 0 saturated heterocycles. The fraction of sp³-hybridized carbons (Fsp3) is 0.412. The molecule has 0 saturated carbocycles. The van der Waals surface area contributed by atoms with Gasteiger partial charge in [0, 0.05) is 31.4 Å². The van der Waals surface area contributed by atoms with E-state index in [1.54, 1.807) is 6.26 Å². The number of benzene rings is 1. The highest BCUT2D eigenvalue weighted by Gasteiger charge is 2.07. The van der Waals surface area contributed by atoms with Gasteiger partial charge in [0.2, 0.25) is 0 Å². The van der Waals surface area contributed by atoms with E-state index in [0.717, 1.165) is 42.3 Å². The second-order valence-electron chi connectivity index (χ2n) is 5.23. The summed E-state index contributed by atoms with van der Waals surface area (Å²) in [7, 11) is 4.04. The molecule has 0 amide bonds. The highest BCUT2D eigenvalue weighted by atomic mass is 16.5. The molecule has 2 aromatic rings. The zero-order chi connectivity index (χ0) is 15.1. The molecular weight excluding hydrogens is 264 g/mol. The van der Waals surface area contributed by atoms with Gasteiger partial charge in [0.15, 0.2) is 0 Å². The molecule has 4 nitrogen and oxygen atoms in total. The quantitative estimate of drug-likeness (QED) is 0.755. The maximum atomic E-state index is 5.87. The van der Waals surface area contributed by atoms with Crippen LogP contribution in [0.1, 0.15) is 24.7 Å². The Kier molecular flexibility index (Phi) is 5.69. The number of anilines is 1. The van der Waals surface area contributed by atoms with Crippen molar-refractivity contribution in [2.24, 2.45) is 0 Å². The van der Waals surface area contributed by atoms with Crippen LogP contribution in [0.3, 0.4) is 0 Å². The molecule has 0 fully saturated rings. The minimum Gasteiger partial charge on any atom is -0.489 e. The van der Waals surface area contributed by atoms with E-state index in [4.69, 9.17) is 9.15 Å². The van der Waals surface area contributed by atoms with Crippen LogP contribution in [0.4, 0.5) is 5.69 Å². The molecule has 0 atom stereocenters. The third-order valence-electron chi connectivity index (χ3n) is 3.28. The first kappa shape index (κ1) is 15.4. The number of nitrogens with one attached hydrogen (secondary N) is 1. The average molecular weight is 288 g/mol. The highest BCUT2D eigenvalue weighted by molar-refractivity contribution is 5.49. The van der Waals surface area contributed by atoms with E-state index in [2.05, 4.69) is 23.2 Å². The lowest BCUT2D eigenvalue weighted by Crippen LogP contribution is -2.14. The molecule has 1 aromatic heterocycles. The van der Waals surface area contributed by atoms with Crippen molar-refractivity contribution in [3.05, 3.63) is 47.9 Å². The van der Waals surface area contributed by atoms with E-state index in [1.807, 2.05) is 38.4 Å². The first-order valence-corrected chi connectivity index (χ1v) is 7.37. The van der Waals surface area contributed by atoms with Crippen LogP contribution in [0.2, 0.25) is 0 Å². The van der Waals surface area contributed by atoms with Gasteiger partial charge in [-0.05, 0) is 31.2 Å². The van der Waals surface area contributed by atoms with Crippen LogP contribution in [0.5, 0.6) is 5.75 Å². The Morgan fingerprint density at radius 1 is 1.24 bits per heavy atom. The summed E-state index contributed by atoms with van der Waals surface area (Å²) in [5.74, 6) is 1.82. The lowest BCUT2D eigenvalue weighted by molar-refractivity contribution is 0.301. The van der Waals surface area contributed by atoms with E-state index >= 15 is 0 Å². The molecule has 0 aliphatic carbocycles. The van der Waals surface area contributed by atoms with Gasteiger partial charge in [0.25, 0.3) is 0 Å². The Balaban J connectivity index is 1.94. The van der Waals surface area contributed by atoms with Gasteiger partial charge in [-0.25, -0.2) is 0 Å². The molecule has 21 heavy (non-hydrogen) atoms. The fourth-order valence-corrected chi connectivity index (χ4v) is 2.04. The summed E-state index contributed by atoms with van der Waals surface area (Å²) in [6.07, 6.45) is 2.84. The van der Waals surface area contributed by atoms with Gasteiger partial charge in [0.05, 0.1) is 12.8 Å². The summed E-state index contributed by atoms with van der Waals surface area (Å²) in [4.78, 5) is 2.06. The number of rotatable bonds is 8. The van der Waals surface area contributed by atoms with Crippen LogP contribution in [-0.4, -0.2) is 20.6 Å². The van der Waals surface area contributed by atoms with Gasteiger partial charge >= 0.3 is 0 Å². The van der Waals surface area contributed by atoms with Gasteiger partial charge in [0.1, 0.15) is 18.1 Å². The third kappa shape index (κ3) is 4.53. The maximum Gasteiger partial charge on any atom is 0.124 e. The Morgan fingerprint density at radius 2 is 2.10 bits per heavy atom. The van der Waals surface area contributed by atoms with Crippen LogP contribution in [0, 0.1) is 0 Å². The van der Waals surface area contributed by atoms with Crippen molar-refractivity contribution >= 4 is 5.69 Å². The van der Waals surface area contributed by atoms with Crippen molar-refractivity contribution in [3.8, 4) is 5.75 Å². The van der Waals surface area contributed by atoms with Crippen LogP contribution >= 0.6 is 0 Å². The van der Waals surface area contributed by atoms with Crippen molar-refractivity contribution in [3.63, 3.8) is 0 Å². The summed E-state index contributed by atoms with van der Waals surface area (Å²) in [6, 6.07) is 10.0. The van der Waals surface area contributed by atoms with Gasteiger partial charge in [-0.15, -0.1) is 0 Å². The molecule has 1 N–H and O–H groups in total. The number of furan rings is 1. The Bertz CT molecular complexity index is 549. The molecular formula is C17H24N2O2. The van der Waals surface area contributed by atoms with Gasteiger partial charge < -0.3 is 19.4 Å². The van der Waals surface area contributed by atoms with Crippen molar-refractivity contribution in [2.45, 2.75) is 26.5 Å². The monoisotopic (exact) mass is 288 g/mol. The average Bonchev–Trinajstić information content (AvgIpc) is 2.93. The van der Waals surface area contributed by atoms with Gasteiger partial charge in [-0.3, -0.25) is 0 Å². The maximum absolute atomic E-state index is 5.87. The van der Waals surface area contributed by atoms with Crippen molar-refractivity contribution in [1.82, 2.24) is 5.32 Å². The van der Waals surface area contributed by atoms with Crippen molar-refractivity contribution in [1.29, 1.82) is 0 Å². The first-order valence-electron chi connectivity index (χ1n) is 7.37. The molecule has 0 unspecified atom stereocenters. The van der Waals surface area contributed by atoms with E-state index in [1.165, 1.54) is 0 Å². The minimum atomic E-state index is 0.524. The molecule has 114 valence electrons. The topological polar surface area (TPSA) is 37.6 Å². The van der Waals surface area contributed by atoms with E-state index in [-0.39, 0.29) is 0 Å². The lowest BCUT2D eigenvalue weighted by Gasteiger charge is -2.14. The largest absolute Gasteiger partial charge is 0.489 e. The van der Waals surface area contributed by atoms with E-state index in [9.17, 15) is 0 Å². The van der Waals surface area contributed by atoms with Crippen LogP contribution in [0.15, 0.2) is 41.0 Å². The number of hydrogen-bond donors (Lipinski definition) is 1. The Labute approximate surface area is 126 Å². The second kappa shape index (κ2) is 7.74. The number of hydrogen-bond acceptors (Lipinski definition) is 4. The Morgan fingerprint density at radius 3 is 2.86 bits per heavy atom. The van der Waals surface area contributed by atoms with Crippen molar-refractivity contribution < 1.29 is 9.15 Å². The lowest BCUT2D eigenvalue weighted by atomic mass is 10.2. The zero-order valence-electron chi connectivity index (χ0n) is 13.1. The first-order chi connectivity index (χ1) is 10.2. The normalized spacial score (nSPS) is 10.6. The number of nitrogens with zero attached hydrogens (tertiary/aromatic N) is 1. The van der Waals surface area contributed by atoms with Crippen LogP contribution in [-0.2, 0) is 13.2 Å². The molecule has 0 radical (unpaired) electrons. The second-order valence-corrected chi connectivity index (χ2v) is 5.23. The predicted octanol–water partition coefficient (Wildman–Crippen LogP) is 3.42. The molecule has 4 heteroatoms. The third-order valence-corrected chi connectivity index (χ3v) is 3.28. The summed E-state index contributed by atoms with van der Waals surface area (Å²) in [6.45, 7) is 4.41. The molecule has 2 rings (SSSR count). The molecule has 0 aliphatic rings. The predicted molar refractivity (Wildman–Crippen MR) is 85.8 cm³/mol. The summed E-state index contributed by atoms with van der Waals surface area (Å²) in [5, 5.41) is 3.34. The molecule has 1 heterocycles. The highest BCUT2D eigenvalue weighted by Crippen LogP contribution is 2.21. The summed E-state index contributed by atoms with van der Waals surface area (Å²) < 4.78 is 11.4. The molecule has 1 aromatic carbocycles. The summed E-state index contributed by atoms with van der Waals surface area (Å²) in [5.41, 5.74) is 2.22. The summed E-state index contributed by atoms with van der Waals surface area (Å²) >= 11 is 0. The smallest absolute Gasteiger partial charge is 0.124 e. The van der Waals surface area contributed by atoms with Crippen molar-refractivity contribution in [2.75, 3.05) is 25.5 Å². The van der Waals surface area contributed by atoms with Crippen LogP contribution in [0.25, 0.3) is 0 Å². The Hall–Kier alpha value is -1.94. The fourth-order valence-electron chi connectivity index (χ4n) is 2.04. The zero-order valence-corrected chi connectivity index (χ0v) is 13.1. The molecule has 0 aliphatic heterocycles. The van der Waals surface area contributed by atoms with Crippen LogP contribution < -0.4 is 15.0 Å². The molecule has 0 bridgehead atoms. The minimum absolute atomic E-state index is 0.524. The van der Waals surface area contributed by atoms with E-state index < -0.39 is 0 Å². The standard InChI is InChI=1S/C17H24N2O2/c1-4-9-18-12-17-14(8-10-20-17)13-21-16-7-5-6-15(11-16)19(2)3/h5-8,10-11,18H,4,9,12-13H2,1-3H3. The molecule has 0 spiro atoms. The van der Waals surface area contributed by atoms with Gasteiger partial charge in [-0.2, -0.15) is 0 Å². The number of ether oxygens (including phenoxy) is 1.